The van der Waals surface area contributed by atoms with Crippen molar-refractivity contribution in [3.8, 4) is 0 Å². The van der Waals surface area contributed by atoms with Gasteiger partial charge in [0.05, 0.1) is 0 Å². The molecule has 0 bridgehead atoms. The molecule has 72 valence electrons. The molecular formula is C14H16. The van der Waals surface area contributed by atoms with Crippen molar-refractivity contribution in [2.75, 3.05) is 0 Å². The first-order valence-electron chi connectivity index (χ1n) is 5.28. The Morgan fingerprint density at radius 2 is 2.00 bits per heavy atom. The Hall–Kier alpha value is -1.30. The van der Waals surface area contributed by atoms with Crippen LogP contribution < -0.4 is 0 Å². The molecule has 1 saturated carbocycles. The number of benzene rings is 1. The zero-order chi connectivity index (χ0) is 9.80. The summed E-state index contributed by atoms with van der Waals surface area (Å²) in [5.74, 6) is 0.621. The van der Waals surface area contributed by atoms with Gasteiger partial charge in [0.25, 0.3) is 0 Å². The van der Waals surface area contributed by atoms with E-state index < -0.39 is 0 Å². The summed E-state index contributed by atoms with van der Waals surface area (Å²) in [4.78, 5) is 0. The smallest absolute Gasteiger partial charge is 0.00225 e. The van der Waals surface area contributed by atoms with E-state index in [1.807, 2.05) is 0 Å². The van der Waals surface area contributed by atoms with Crippen LogP contribution in [0.5, 0.6) is 0 Å². The van der Waals surface area contributed by atoms with Crippen molar-refractivity contribution in [1.82, 2.24) is 0 Å². The Morgan fingerprint density at radius 1 is 1.21 bits per heavy atom. The monoisotopic (exact) mass is 184 g/mol. The molecule has 0 radical (unpaired) electrons. The molecule has 0 N–H and O–H groups in total. The third-order valence-electron chi connectivity index (χ3n) is 2.89. The number of rotatable bonds is 2. The minimum Gasteiger partial charge on any atom is -0.102 e. The predicted molar refractivity (Wildman–Crippen MR) is 62.0 cm³/mol. The van der Waals surface area contributed by atoms with Gasteiger partial charge in [0.1, 0.15) is 0 Å². The van der Waals surface area contributed by atoms with Gasteiger partial charge in [-0.2, -0.15) is 0 Å². The summed E-state index contributed by atoms with van der Waals surface area (Å²) in [5, 5.41) is 0. The average molecular weight is 184 g/mol. The second kappa shape index (κ2) is 4.28. The summed E-state index contributed by atoms with van der Waals surface area (Å²) >= 11 is 0. The van der Waals surface area contributed by atoms with Gasteiger partial charge in [-0.25, -0.2) is 0 Å². The van der Waals surface area contributed by atoms with Crippen LogP contribution in [0.1, 0.15) is 24.8 Å². The normalized spacial score (nSPS) is 24.0. The third-order valence-corrected chi connectivity index (χ3v) is 2.89. The second-order valence-corrected chi connectivity index (χ2v) is 3.86. The fourth-order valence-electron chi connectivity index (χ4n) is 2.11. The van der Waals surface area contributed by atoms with E-state index in [1.54, 1.807) is 5.57 Å². The van der Waals surface area contributed by atoms with Crippen LogP contribution in [0.4, 0.5) is 0 Å². The van der Waals surface area contributed by atoms with Crippen molar-refractivity contribution in [2.24, 2.45) is 5.92 Å². The van der Waals surface area contributed by atoms with Gasteiger partial charge in [0, 0.05) is 0 Å². The number of hydrogen-bond acceptors (Lipinski definition) is 0. The molecule has 0 amide bonds. The molecule has 0 nitrogen and oxygen atoms in total. The van der Waals surface area contributed by atoms with Gasteiger partial charge in [-0.05, 0) is 30.7 Å². The van der Waals surface area contributed by atoms with Crippen molar-refractivity contribution in [3.63, 3.8) is 0 Å². The van der Waals surface area contributed by atoms with Crippen LogP contribution in [-0.2, 0) is 0 Å². The lowest BCUT2D eigenvalue weighted by Crippen LogP contribution is -1.90. The molecule has 0 aromatic heterocycles. The van der Waals surface area contributed by atoms with E-state index in [4.69, 9.17) is 0 Å². The van der Waals surface area contributed by atoms with Crippen molar-refractivity contribution in [1.29, 1.82) is 0 Å². The largest absolute Gasteiger partial charge is 0.102 e. The van der Waals surface area contributed by atoms with Crippen molar-refractivity contribution >= 4 is 6.08 Å². The fourth-order valence-corrected chi connectivity index (χ4v) is 2.11. The summed E-state index contributed by atoms with van der Waals surface area (Å²) in [5.41, 5.74) is 2.86. The molecule has 14 heavy (non-hydrogen) atoms. The molecule has 0 heteroatoms. The first-order chi connectivity index (χ1) is 6.90. The van der Waals surface area contributed by atoms with Gasteiger partial charge in [-0.15, -0.1) is 6.58 Å². The summed E-state index contributed by atoms with van der Waals surface area (Å²) in [6.07, 6.45) is 8.24. The van der Waals surface area contributed by atoms with E-state index in [2.05, 4.69) is 49.1 Å². The van der Waals surface area contributed by atoms with E-state index >= 15 is 0 Å². The molecule has 0 spiro atoms. The number of allylic oxidation sites excluding steroid dienone is 2. The topological polar surface area (TPSA) is 0 Å². The molecule has 1 unspecified atom stereocenters. The third kappa shape index (κ3) is 1.95. The first-order valence-corrected chi connectivity index (χ1v) is 5.28. The highest BCUT2D eigenvalue weighted by Gasteiger charge is 2.16. The molecule has 1 aliphatic carbocycles. The van der Waals surface area contributed by atoms with Crippen molar-refractivity contribution < 1.29 is 0 Å². The van der Waals surface area contributed by atoms with Gasteiger partial charge in [0.2, 0.25) is 0 Å². The van der Waals surface area contributed by atoms with Gasteiger partial charge in [-0.3, -0.25) is 0 Å². The lowest BCUT2D eigenvalue weighted by Gasteiger charge is -2.05. The minimum absolute atomic E-state index is 0.621. The molecule has 0 aliphatic heterocycles. The molecule has 1 fully saturated rings. The second-order valence-electron chi connectivity index (χ2n) is 3.86. The lowest BCUT2D eigenvalue weighted by molar-refractivity contribution is 0.769. The highest BCUT2D eigenvalue weighted by molar-refractivity contribution is 5.54. The number of hydrogen-bond donors (Lipinski definition) is 0. The van der Waals surface area contributed by atoms with Gasteiger partial charge in [-0.1, -0.05) is 48.1 Å². The van der Waals surface area contributed by atoms with Gasteiger partial charge < -0.3 is 0 Å². The summed E-state index contributed by atoms with van der Waals surface area (Å²) in [6.45, 7) is 3.89. The highest BCUT2D eigenvalue weighted by Crippen LogP contribution is 2.32. The summed E-state index contributed by atoms with van der Waals surface area (Å²) < 4.78 is 0. The van der Waals surface area contributed by atoms with Crippen LogP contribution >= 0.6 is 0 Å². The average Bonchev–Trinajstić information content (AvgIpc) is 2.67. The Labute approximate surface area is 86.0 Å². The van der Waals surface area contributed by atoms with Crippen molar-refractivity contribution in [3.05, 3.63) is 54.1 Å². The molecule has 1 aliphatic rings. The van der Waals surface area contributed by atoms with E-state index in [-0.39, 0.29) is 0 Å². The SMILES string of the molecule is C=CC1CCC/C1=C\c1ccccc1. The Balaban J connectivity index is 2.22. The summed E-state index contributed by atoms with van der Waals surface area (Å²) in [7, 11) is 0. The maximum absolute atomic E-state index is 3.89. The zero-order valence-electron chi connectivity index (χ0n) is 8.45. The Bertz CT molecular complexity index is 332. The fraction of sp³-hybridized carbons (Fsp3) is 0.286. The Kier molecular flexibility index (Phi) is 2.83. The molecule has 1 atom stereocenters. The highest BCUT2D eigenvalue weighted by atomic mass is 14.2. The van der Waals surface area contributed by atoms with Crippen LogP contribution in [-0.4, -0.2) is 0 Å². The maximum Gasteiger partial charge on any atom is -0.00225 e. The van der Waals surface area contributed by atoms with Crippen LogP contribution in [0.3, 0.4) is 0 Å². The van der Waals surface area contributed by atoms with E-state index in [0.29, 0.717) is 5.92 Å². The molecular weight excluding hydrogens is 168 g/mol. The lowest BCUT2D eigenvalue weighted by atomic mass is 10.0. The van der Waals surface area contributed by atoms with Crippen molar-refractivity contribution in [2.45, 2.75) is 19.3 Å². The van der Waals surface area contributed by atoms with E-state index in [1.165, 1.54) is 24.8 Å². The Morgan fingerprint density at radius 3 is 2.71 bits per heavy atom. The molecule has 0 saturated heterocycles. The molecule has 2 rings (SSSR count). The van der Waals surface area contributed by atoms with Gasteiger partial charge in [0.15, 0.2) is 0 Å². The van der Waals surface area contributed by atoms with E-state index in [0.717, 1.165) is 0 Å². The van der Waals surface area contributed by atoms with Crippen LogP contribution in [0.15, 0.2) is 48.6 Å². The molecule has 1 aromatic rings. The zero-order valence-corrected chi connectivity index (χ0v) is 8.45. The maximum atomic E-state index is 3.89. The standard InChI is InChI=1S/C14H16/c1-2-13-9-6-10-14(13)11-12-7-4-3-5-8-12/h2-5,7-8,11,13H,1,6,9-10H2/b14-11+. The van der Waals surface area contributed by atoms with Crippen LogP contribution in [0.25, 0.3) is 6.08 Å². The quantitative estimate of drug-likeness (QED) is 0.608. The minimum atomic E-state index is 0.621. The molecule has 0 heterocycles. The first kappa shape index (κ1) is 9.26. The van der Waals surface area contributed by atoms with Crippen LogP contribution in [0, 0.1) is 5.92 Å². The van der Waals surface area contributed by atoms with Crippen LogP contribution in [0.2, 0.25) is 0 Å². The predicted octanol–water partition coefficient (Wildman–Crippen LogP) is 4.06. The van der Waals surface area contributed by atoms with E-state index in [9.17, 15) is 0 Å². The van der Waals surface area contributed by atoms with Gasteiger partial charge >= 0.3 is 0 Å². The molecule has 1 aromatic carbocycles. The summed E-state index contributed by atoms with van der Waals surface area (Å²) in [6, 6.07) is 10.5.